The zero-order valence-corrected chi connectivity index (χ0v) is 17.4. The zero-order chi connectivity index (χ0) is 18.1. The van der Waals surface area contributed by atoms with Crippen molar-refractivity contribution in [2.45, 2.75) is 18.9 Å². The first-order valence-corrected chi connectivity index (χ1v) is 9.32. The van der Waals surface area contributed by atoms with Crippen molar-refractivity contribution in [2.75, 3.05) is 18.4 Å². The molecule has 0 saturated carbocycles. The third-order valence-corrected chi connectivity index (χ3v) is 5.06. The molecule has 6 nitrogen and oxygen atoms in total. The molecular weight excluding hydrogens is 409 g/mol. The summed E-state index contributed by atoms with van der Waals surface area (Å²) in [4.78, 5) is 4.52. The van der Waals surface area contributed by atoms with Crippen molar-refractivity contribution < 1.29 is 4.42 Å². The molecule has 8 heteroatoms. The Kier molecular flexibility index (Phi) is 6.79. The van der Waals surface area contributed by atoms with E-state index >= 15 is 0 Å². The smallest absolute Gasteiger partial charge is 0.199 e. The number of pyridine rings is 1. The summed E-state index contributed by atoms with van der Waals surface area (Å²) in [5.74, 6) is 1.44. The highest BCUT2D eigenvalue weighted by atomic mass is 35.5. The molecule has 0 radical (unpaired) electrons. The Morgan fingerprint density at radius 1 is 1.00 bits per heavy atom. The standard InChI is InChI=1S/C21H21N5O.2ClH/c1-2-4-19-15(3-1)11-21(27-19)25-20-6-5-16(12-23-20)17-13-24-26(14-17)18-7-9-22-10-8-18;;/h1-6,11-14,18,22H,7-10H2,(H,23,25);2*1H. The zero-order valence-electron chi connectivity index (χ0n) is 15.7. The topological polar surface area (TPSA) is 67.9 Å². The molecule has 1 aromatic carbocycles. The van der Waals surface area contributed by atoms with Gasteiger partial charge in [0.05, 0.1) is 12.2 Å². The van der Waals surface area contributed by atoms with Crippen LogP contribution in [-0.2, 0) is 0 Å². The Balaban J connectivity index is 0.00000120. The fourth-order valence-corrected chi connectivity index (χ4v) is 3.57. The number of furan rings is 1. The van der Waals surface area contributed by atoms with Crippen molar-refractivity contribution in [2.24, 2.45) is 0 Å². The third-order valence-electron chi connectivity index (χ3n) is 5.06. The predicted molar refractivity (Wildman–Crippen MR) is 121 cm³/mol. The van der Waals surface area contributed by atoms with Gasteiger partial charge < -0.3 is 15.1 Å². The summed E-state index contributed by atoms with van der Waals surface area (Å²) < 4.78 is 7.88. The van der Waals surface area contributed by atoms with E-state index in [1.807, 2.05) is 48.8 Å². The summed E-state index contributed by atoms with van der Waals surface area (Å²) in [5, 5.41) is 12.2. The molecule has 3 aromatic heterocycles. The number of hydrogen-bond donors (Lipinski definition) is 2. The quantitative estimate of drug-likeness (QED) is 0.464. The number of halogens is 2. The summed E-state index contributed by atoms with van der Waals surface area (Å²) in [6.07, 6.45) is 8.17. The monoisotopic (exact) mass is 431 g/mol. The summed E-state index contributed by atoms with van der Waals surface area (Å²) in [7, 11) is 0. The van der Waals surface area contributed by atoms with Gasteiger partial charge in [0.2, 0.25) is 0 Å². The van der Waals surface area contributed by atoms with Crippen LogP contribution in [0.15, 0.2) is 65.5 Å². The average Bonchev–Trinajstić information content (AvgIpc) is 3.36. The number of nitrogens with zero attached hydrogens (tertiary/aromatic N) is 3. The molecule has 1 saturated heterocycles. The molecule has 0 atom stereocenters. The van der Waals surface area contributed by atoms with Crippen LogP contribution in [0.5, 0.6) is 0 Å². The van der Waals surface area contributed by atoms with Crippen LogP contribution >= 0.6 is 24.8 Å². The van der Waals surface area contributed by atoms with E-state index in [9.17, 15) is 0 Å². The van der Waals surface area contributed by atoms with Crippen LogP contribution in [0, 0.1) is 0 Å². The lowest BCUT2D eigenvalue weighted by atomic mass is 10.1. The number of piperidine rings is 1. The molecule has 5 rings (SSSR count). The van der Waals surface area contributed by atoms with Gasteiger partial charge in [0.25, 0.3) is 0 Å². The van der Waals surface area contributed by atoms with Crippen molar-refractivity contribution in [3.63, 3.8) is 0 Å². The summed E-state index contributed by atoms with van der Waals surface area (Å²) >= 11 is 0. The number of aromatic nitrogens is 3. The number of hydrogen-bond acceptors (Lipinski definition) is 5. The molecule has 29 heavy (non-hydrogen) atoms. The molecule has 0 unspecified atom stereocenters. The van der Waals surface area contributed by atoms with Gasteiger partial charge in [-0.05, 0) is 44.1 Å². The Labute approximate surface area is 181 Å². The van der Waals surface area contributed by atoms with E-state index in [1.165, 1.54) is 0 Å². The molecule has 0 amide bonds. The molecule has 1 fully saturated rings. The van der Waals surface area contributed by atoms with E-state index in [2.05, 4.69) is 37.7 Å². The van der Waals surface area contributed by atoms with Gasteiger partial charge >= 0.3 is 0 Å². The Morgan fingerprint density at radius 2 is 1.83 bits per heavy atom. The maximum absolute atomic E-state index is 5.79. The number of rotatable bonds is 4. The van der Waals surface area contributed by atoms with Gasteiger partial charge in [0, 0.05) is 35.0 Å². The Morgan fingerprint density at radius 3 is 2.59 bits per heavy atom. The minimum atomic E-state index is 0. The van der Waals surface area contributed by atoms with Gasteiger partial charge in [-0.3, -0.25) is 4.68 Å². The minimum absolute atomic E-state index is 0. The highest BCUT2D eigenvalue weighted by molar-refractivity contribution is 5.85. The number of nitrogens with one attached hydrogen (secondary N) is 2. The number of para-hydroxylation sites is 1. The van der Waals surface area contributed by atoms with E-state index in [0.29, 0.717) is 11.9 Å². The van der Waals surface area contributed by atoms with Crippen molar-refractivity contribution in [1.82, 2.24) is 20.1 Å². The van der Waals surface area contributed by atoms with Crippen LogP contribution < -0.4 is 10.6 Å². The molecule has 1 aliphatic heterocycles. The highest BCUT2D eigenvalue weighted by Gasteiger charge is 2.16. The molecule has 0 aliphatic carbocycles. The van der Waals surface area contributed by atoms with E-state index < -0.39 is 0 Å². The average molecular weight is 432 g/mol. The summed E-state index contributed by atoms with van der Waals surface area (Å²) in [5.41, 5.74) is 3.02. The van der Waals surface area contributed by atoms with E-state index in [1.54, 1.807) is 0 Å². The number of fused-ring (bicyclic) bond motifs is 1. The summed E-state index contributed by atoms with van der Waals surface area (Å²) in [6.45, 7) is 2.12. The highest BCUT2D eigenvalue weighted by Crippen LogP contribution is 2.27. The van der Waals surface area contributed by atoms with Gasteiger partial charge in [0.15, 0.2) is 5.88 Å². The second-order valence-corrected chi connectivity index (χ2v) is 6.90. The van der Waals surface area contributed by atoms with Crippen LogP contribution in [-0.4, -0.2) is 27.9 Å². The SMILES string of the molecule is Cl.Cl.c1ccc2oc(Nc3ccc(-c4cnn(C5CCNCC5)c4)cn3)cc2c1. The van der Waals surface area contributed by atoms with E-state index in [0.717, 1.165) is 53.8 Å². The lowest BCUT2D eigenvalue weighted by Crippen LogP contribution is -2.29. The molecule has 152 valence electrons. The van der Waals surface area contributed by atoms with Crippen LogP contribution in [0.4, 0.5) is 11.7 Å². The Bertz CT molecular complexity index is 1020. The second kappa shape index (κ2) is 9.31. The largest absolute Gasteiger partial charge is 0.440 e. The maximum Gasteiger partial charge on any atom is 0.199 e. The first kappa shape index (κ1) is 21.2. The molecule has 2 N–H and O–H groups in total. The lowest BCUT2D eigenvalue weighted by molar-refractivity contribution is 0.343. The fourth-order valence-electron chi connectivity index (χ4n) is 3.57. The fraction of sp³-hybridized carbons (Fsp3) is 0.238. The van der Waals surface area contributed by atoms with Crippen LogP contribution in [0.1, 0.15) is 18.9 Å². The van der Waals surface area contributed by atoms with Crippen molar-refractivity contribution in [3.8, 4) is 11.1 Å². The normalized spacial score (nSPS) is 14.2. The molecule has 4 aromatic rings. The second-order valence-electron chi connectivity index (χ2n) is 6.90. The molecule has 0 bridgehead atoms. The predicted octanol–water partition coefficient (Wildman–Crippen LogP) is 5.20. The van der Waals surface area contributed by atoms with Gasteiger partial charge in [-0.2, -0.15) is 5.10 Å². The van der Waals surface area contributed by atoms with E-state index in [4.69, 9.17) is 4.42 Å². The van der Waals surface area contributed by atoms with Crippen molar-refractivity contribution in [3.05, 3.63) is 61.1 Å². The first-order valence-electron chi connectivity index (χ1n) is 9.32. The molecular formula is C21H23Cl2N5O. The third kappa shape index (κ3) is 4.56. The maximum atomic E-state index is 5.79. The van der Waals surface area contributed by atoms with E-state index in [-0.39, 0.29) is 24.8 Å². The van der Waals surface area contributed by atoms with Gasteiger partial charge in [-0.25, -0.2) is 4.98 Å². The number of anilines is 2. The van der Waals surface area contributed by atoms with Crippen molar-refractivity contribution >= 4 is 47.5 Å². The Hall–Kier alpha value is -2.54. The van der Waals surface area contributed by atoms with Gasteiger partial charge in [-0.15, -0.1) is 24.8 Å². The lowest BCUT2D eigenvalue weighted by Gasteiger charge is -2.22. The first-order chi connectivity index (χ1) is 13.3. The minimum Gasteiger partial charge on any atom is -0.440 e. The van der Waals surface area contributed by atoms with Gasteiger partial charge in [-0.1, -0.05) is 18.2 Å². The molecule has 1 aliphatic rings. The number of benzene rings is 1. The van der Waals surface area contributed by atoms with Crippen LogP contribution in [0.3, 0.4) is 0 Å². The van der Waals surface area contributed by atoms with Crippen LogP contribution in [0.2, 0.25) is 0 Å². The van der Waals surface area contributed by atoms with Crippen molar-refractivity contribution in [1.29, 1.82) is 0 Å². The van der Waals surface area contributed by atoms with Crippen LogP contribution in [0.25, 0.3) is 22.1 Å². The summed E-state index contributed by atoms with van der Waals surface area (Å²) in [6, 6.07) is 14.4. The molecule has 4 heterocycles. The molecule has 0 spiro atoms. The van der Waals surface area contributed by atoms with Gasteiger partial charge in [0.1, 0.15) is 11.4 Å².